The molecule has 0 saturated carbocycles. The molecule has 0 atom stereocenters. The van der Waals surface area contributed by atoms with Crippen molar-refractivity contribution in [1.29, 1.82) is 0 Å². The third kappa shape index (κ3) is 3.66. The Hall–Kier alpha value is 0.290. The predicted molar refractivity (Wildman–Crippen MR) is 61.8 cm³/mol. The van der Waals surface area contributed by atoms with E-state index >= 15 is 0 Å². The summed E-state index contributed by atoms with van der Waals surface area (Å²) in [6.07, 6.45) is 2.95. The maximum Gasteiger partial charge on any atom is -1.00 e. The molecule has 3 heteroatoms. The number of rotatable bonds is 3. The molecule has 1 fully saturated rings. The van der Waals surface area contributed by atoms with Gasteiger partial charge in [-0.3, -0.25) is 0 Å². The van der Waals surface area contributed by atoms with Crippen molar-refractivity contribution >= 4 is 23.2 Å². The standard InChI is InChI=1S/C12H17OTe.BrH/c1-2-13-11-5-7-12(8-6-11)14-9-3-4-10-14;/h5-8H,2-4,9-10H2,1H3;1H/q+1;/p-1. The zero-order chi connectivity index (χ0) is 9.80. The first kappa shape index (κ1) is 13.4. The molecule has 2 rings (SSSR count). The molecular formula is C12H17BrOTe. The number of hydrogen-bond acceptors (Lipinski definition) is 1. The summed E-state index contributed by atoms with van der Waals surface area (Å²) in [5, 5.41) is 0. The summed E-state index contributed by atoms with van der Waals surface area (Å²) in [6.45, 7) is 2.80. The molecule has 1 aliphatic rings. The summed E-state index contributed by atoms with van der Waals surface area (Å²) < 4.78 is 10.2. The first-order valence-corrected chi connectivity index (χ1v) is 9.76. The number of ether oxygens (including phenoxy) is 1. The summed E-state index contributed by atoms with van der Waals surface area (Å²) in [6, 6.07) is 8.87. The van der Waals surface area contributed by atoms with E-state index in [1.165, 1.54) is 21.8 Å². The third-order valence-corrected chi connectivity index (χ3v) is 9.64. The molecule has 1 aromatic carbocycles. The van der Waals surface area contributed by atoms with Crippen LogP contribution in [0.1, 0.15) is 19.8 Å². The molecule has 0 bridgehead atoms. The van der Waals surface area contributed by atoms with Gasteiger partial charge in [0.05, 0.1) is 0 Å². The third-order valence-electron chi connectivity index (χ3n) is 2.50. The predicted octanol–water partition coefficient (Wildman–Crippen LogP) is -0.415. The maximum absolute atomic E-state index is 5.44. The van der Waals surface area contributed by atoms with Crippen LogP contribution >= 0.6 is 0 Å². The average molecular weight is 385 g/mol. The summed E-state index contributed by atoms with van der Waals surface area (Å²) >= 11 is -0.837. The Balaban J connectivity index is 0.00000112. The molecular weight excluding hydrogens is 368 g/mol. The van der Waals surface area contributed by atoms with Crippen molar-refractivity contribution in [2.75, 3.05) is 6.61 Å². The van der Waals surface area contributed by atoms with E-state index in [1.807, 2.05) is 6.92 Å². The molecule has 1 aliphatic heterocycles. The Morgan fingerprint density at radius 2 is 1.73 bits per heavy atom. The number of hydrogen-bond donors (Lipinski definition) is 0. The summed E-state index contributed by atoms with van der Waals surface area (Å²) in [5.41, 5.74) is 0. The van der Waals surface area contributed by atoms with E-state index in [0.29, 0.717) is 0 Å². The first-order valence-electron chi connectivity index (χ1n) is 5.30. The minimum absolute atomic E-state index is 0. The first-order chi connectivity index (χ1) is 6.90. The van der Waals surface area contributed by atoms with Crippen molar-refractivity contribution < 1.29 is 21.7 Å². The zero-order valence-electron chi connectivity index (χ0n) is 9.04. The van der Waals surface area contributed by atoms with Crippen molar-refractivity contribution in [1.82, 2.24) is 0 Å². The second kappa shape index (κ2) is 6.78. The van der Waals surface area contributed by atoms with E-state index < -0.39 is 19.6 Å². The molecule has 0 aromatic heterocycles. The fourth-order valence-electron chi connectivity index (χ4n) is 1.79. The van der Waals surface area contributed by atoms with Gasteiger partial charge < -0.3 is 17.0 Å². The molecule has 0 aliphatic carbocycles. The van der Waals surface area contributed by atoms with Crippen molar-refractivity contribution in [3.05, 3.63) is 24.3 Å². The van der Waals surface area contributed by atoms with Crippen LogP contribution in [0.15, 0.2) is 24.3 Å². The molecule has 1 nitrogen and oxygen atoms in total. The van der Waals surface area contributed by atoms with Gasteiger partial charge in [0, 0.05) is 0 Å². The van der Waals surface area contributed by atoms with Gasteiger partial charge >= 0.3 is 93.2 Å². The van der Waals surface area contributed by atoms with Crippen LogP contribution in [-0.4, -0.2) is 26.2 Å². The second-order valence-electron chi connectivity index (χ2n) is 3.51. The molecule has 1 heterocycles. The van der Waals surface area contributed by atoms with Crippen LogP contribution in [-0.2, 0) is 0 Å². The van der Waals surface area contributed by atoms with E-state index in [-0.39, 0.29) is 17.0 Å². The van der Waals surface area contributed by atoms with Crippen LogP contribution in [0.2, 0.25) is 8.94 Å². The van der Waals surface area contributed by atoms with Crippen LogP contribution in [0.25, 0.3) is 0 Å². The smallest absolute Gasteiger partial charge is 1.00 e. The molecule has 15 heavy (non-hydrogen) atoms. The molecule has 84 valence electrons. The zero-order valence-corrected chi connectivity index (χ0v) is 13.0. The van der Waals surface area contributed by atoms with E-state index in [2.05, 4.69) is 24.3 Å². The Morgan fingerprint density at radius 3 is 2.27 bits per heavy atom. The van der Waals surface area contributed by atoms with Gasteiger partial charge in [0.2, 0.25) is 0 Å². The number of benzene rings is 1. The topological polar surface area (TPSA) is 9.23 Å². The Morgan fingerprint density at radius 1 is 1.13 bits per heavy atom. The van der Waals surface area contributed by atoms with Gasteiger partial charge in [0.1, 0.15) is 0 Å². The molecule has 0 amide bonds. The summed E-state index contributed by atoms with van der Waals surface area (Å²) in [7, 11) is 0. The van der Waals surface area contributed by atoms with Crippen molar-refractivity contribution in [3.8, 4) is 5.75 Å². The Kier molecular flexibility index (Phi) is 6.04. The van der Waals surface area contributed by atoms with Crippen LogP contribution < -0.4 is 25.3 Å². The van der Waals surface area contributed by atoms with Crippen molar-refractivity contribution in [2.45, 2.75) is 28.7 Å². The van der Waals surface area contributed by atoms with Gasteiger partial charge in [0.15, 0.2) is 0 Å². The van der Waals surface area contributed by atoms with Crippen LogP contribution in [0.3, 0.4) is 0 Å². The van der Waals surface area contributed by atoms with Crippen LogP contribution in [0.4, 0.5) is 0 Å². The summed E-state index contributed by atoms with van der Waals surface area (Å²) in [4.78, 5) is 0. The molecule has 0 unspecified atom stereocenters. The largest absolute Gasteiger partial charge is 1.00 e. The van der Waals surface area contributed by atoms with Gasteiger partial charge in [-0.15, -0.1) is 0 Å². The minimum Gasteiger partial charge on any atom is -1.00 e. The van der Waals surface area contributed by atoms with E-state index in [9.17, 15) is 0 Å². The van der Waals surface area contributed by atoms with E-state index in [1.54, 1.807) is 3.61 Å². The number of halogens is 1. The van der Waals surface area contributed by atoms with Gasteiger partial charge in [-0.1, -0.05) is 0 Å². The molecule has 1 aromatic rings. The maximum atomic E-state index is 5.44. The van der Waals surface area contributed by atoms with Crippen LogP contribution in [0.5, 0.6) is 5.75 Å². The molecule has 0 N–H and O–H groups in total. The van der Waals surface area contributed by atoms with E-state index in [4.69, 9.17) is 4.74 Å². The monoisotopic (exact) mass is 386 g/mol. The van der Waals surface area contributed by atoms with Crippen LogP contribution in [0, 0.1) is 0 Å². The van der Waals surface area contributed by atoms with Gasteiger partial charge in [0.25, 0.3) is 0 Å². The van der Waals surface area contributed by atoms with Gasteiger partial charge in [-0.05, 0) is 0 Å². The second-order valence-corrected chi connectivity index (χ2v) is 10.0. The Bertz CT molecular complexity index is 280. The molecule has 1 saturated heterocycles. The normalized spacial score (nSPS) is 16.1. The van der Waals surface area contributed by atoms with Crippen molar-refractivity contribution in [3.63, 3.8) is 0 Å². The van der Waals surface area contributed by atoms with Gasteiger partial charge in [-0.25, -0.2) is 0 Å². The molecule has 0 radical (unpaired) electrons. The fraction of sp³-hybridized carbons (Fsp3) is 0.500. The van der Waals surface area contributed by atoms with Crippen molar-refractivity contribution in [2.24, 2.45) is 0 Å². The molecule has 0 spiro atoms. The summed E-state index contributed by atoms with van der Waals surface area (Å²) in [5.74, 6) is 1.02. The Labute approximate surface area is 110 Å². The fourth-order valence-corrected chi connectivity index (χ4v) is 8.35. The quantitative estimate of drug-likeness (QED) is 0.644. The van der Waals surface area contributed by atoms with Gasteiger partial charge in [-0.2, -0.15) is 0 Å². The minimum atomic E-state index is -0.837. The average Bonchev–Trinajstić information content (AvgIpc) is 2.72. The van der Waals surface area contributed by atoms with E-state index in [0.717, 1.165) is 12.4 Å². The SMILES string of the molecule is CCOc1ccc([Te+]2CCCC2)cc1.[Br-].